The molecule has 0 bridgehead atoms. The van der Waals surface area contributed by atoms with Crippen LogP contribution < -0.4 is 16.0 Å². The number of amides is 1. The topological polar surface area (TPSA) is 124 Å². The van der Waals surface area contributed by atoms with E-state index in [2.05, 4.69) is 10.3 Å². The minimum atomic E-state index is -0.546. The van der Waals surface area contributed by atoms with E-state index in [-0.39, 0.29) is 17.4 Å². The van der Waals surface area contributed by atoms with Gasteiger partial charge in [0.05, 0.1) is 4.92 Å². The molecule has 25 heavy (non-hydrogen) atoms. The van der Waals surface area contributed by atoms with Crippen molar-refractivity contribution < 1.29 is 14.5 Å². The summed E-state index contributed by atoms with van der Waals surface area (Å²) in [5.74, 6) is 0.779. The van der Waals surface area contributed by atoms with Gasteiger partial charge in [-0.2, -0.15) is 0 Å². The predicted molar refractivity (Wildman–Crippen MR) is 94.5 cm³/mol. The molecule has 1 atom stereocenters. The maximum Gasteiger partial charge on any atom is 0.407 e. The Morgan fingerprint density at radius 1 is 1.52 bits per heavy atom. The molecule has 0 saturated carbocycles. The number of nitrogen functional groups attached to an aromatic ring is 1. The van der Waals surface area contributed by atoms with Crippen LogP contribution in [-0.4, -0.2) is 41.2 Å². The number of pyridine rings is 1. The molecule has 0 radical (unpaired) electrons. The summed E-state index contributed by atoms with van der Waals surface area (Å²) in [7, 11) is 0. The van der Waals surface area contributed by atoms with Gasteiger partial charge in [0.1, 0.15) is 11.4 Å². The minimum absolute atomic E-state index is 0.0866. The van der Waals surface area contributed by atoms with E-state index < -0.39 is 16.6 Å². The summed E-state index contributed by atoms with van der Waals surface area (Å²) in [4.78, 5) is 28.2. The molecule has 3 N–H and O–H groups in total. The highest BCUT2D eigenvalue weighted by molar-refractivity contribution is 5.67. The van der Waals surface area contributed by atoms with Crippen LogP contribution in [0, 0.1) is 16.0 Å². The molecule has 2 rings (SSSR count). The molecular weight excluding hydrogens is 326 g/mol. The third-order valence-corrected chi connectivity index (χ3v) is 3.86. The van der Waals surface area contributed by atoms with Gasteiger partial charge in [-0.15, -0.1) is 0 Å². The fraction of sp³-hybridized carbons (Fsp3) is 0.625. The first-order valence-corrected chi connectivity index (χ1v) is 8.28. The van der Waals surface area contributed by atoms with Gasteiger partial charge >= 0.3 is 11.8 Å². The summed E-state index contributed by atoms with van der Waals surface area (Å²) in [6.45, 7) is 7.46. The normalized spacial score (nSPS) is 17.9. The lowest BCUT2D eigenvalue weighted by atomic mass is 9.98. The Labute approximate surface area is 146 Å². The van der Waals surface area contributed by atoms with Gasteiger partial charge in [-0.05, 0) is 45.6 Å². The molecule has 1 aliphatic heterocycles. The lowest BCUT2D eigenvalue weighted by Crippen LogP contribution is -2.42. The number of nitrogens with two attached hydrogens (primary N) is 1. The summed E-state index contributed by atoms with van der Waals surface area (Å²) >= 11 is 0. The molecule has 9 heteroatoms. The number of hydrogen-bond donors (Lipinski definition) is 2. The van der Waals surface area contributed by atoms with E-state index in [0.717, 1.165) is 19.4 Å². The third-order valence-electron chi connectivity index (χ3n) is 3.86. The number of ether oxygens (including phenoxy) is 1. The summed E-state index contributed by atoms with van der Waals surface area (Å²) in [6.07, 6.45) is 1.50. The Balaban J connectivity index is 1.93. The first-order valence-electron chi connectivity index (χ1n) is 8.28. The van der Waals surface area contributed by atoms with Crippen molar-refractivity contribution in [2.75, 3.05) is 30.3 Å². The highest BCUT2D eigenvalue weighted by Gasteiger charge is 2.24. The molecule has 0 aromatic carbocycles. The van der Waals surface area contributed by atoms with Gasteiger partial charge in [-0.3, -0.25) is 10.1 Å². The highest BCUT2D eigenvalue weighted by Crippen LogP contribution is 2.26. The molecular formula is C16H25N5O4. The van der Waals surface area contributed by atoms with Crippen molar-refractivity contribution in [1.29, 1.82) is 0 Å². The Hall–Kier alpha value is -2.58. The first-order chi connectivity index (χ1) is 11.7. The molecule has 0 spiro atoms. The molecule has 1 aromatic rings. The van der Waals surface area contributed by atoms with Gasteiger partial charge in [0, 0.05) is 25.7 Å². The van der Waals surface area contributed by atoms with Crippen LogP contribution in [0.5, 0.6) is 0 Å². The molecule has 1 aliphatic rings. The number of anilines is 2. The van der Waals surface area contributed by atoms with Crippen LogP contribution in [0.3, 0.4) is 0 Å². The quantitative estimate of drug-likeness (QED) is 0.630. The fourth-order valence-electron chi connectivity index (χ4n) is 2.77. The maximum atomic E-state index is 11.8. The van der Waals surface area contributed by atoms with Crippen LogP contribution >= 0.6 is 0 Å². The predicted octanol–water partition coefficient (Wildman–Crippen LogP) is 2.31. The second kappa shape index (κ2) is 7.54. The first kappa shape index (κ1) is 18.8. The van der Waals surface area contributed by atoms with Crippen molar-refractivity contribution in [1.82, 2.24) is 10.3 Å². The van der Waals surface area contributed by atoms with Crippen LogP contribution in [0.15, 0.2) is 12.1 Å². The van der Waals surface area contributed by atoms with Gasteiger partial charge < -0.3 is 20.7 Å². The number of nitro groups is 1. The zero-order valence-electron chi connectivity index (χ0n) is 14.8. The van der Waals surface area contributed by atoms with Gasteiger partial charge in [0.15, 0.2) is 0 Å². The van der Waals surface area contributed by atoms with Crippen molar-refractivity contribution in [3.05, 3.63) is 22.2 Å². The lowest BCUT2D eigenvalue weighted by molar-refractivity contribution is -0.384. The Bertz CT molecular complexity index is 644. The van der Waals surface area contributed by atoms with E-state index in [1.807, 2.05) is 25.7 Å². The van der Waals surface area contributed by atoms with Crippen molar-refractivity contribution >= 4 is 23.4 Å². The van der Waals surface area contributed by atoms with E-state index >= 15 is 0 Å². The van der Waals surface area contributed by atoms with Crippen molar-refractivity contribution in [3.8, 4) is 0 Å². The largest absolute Gasteiger partial charge is 0.444 e. The van der Waals surface area contributed by atoms with Crippen LogP contribution in [0.1, 0.15) is 33.6 Å². The standard InChI is InChI=1S/C16H25N5O4/c1-16(2,3)25-15(22)18-9-11-5-4-8-20(10-11)13-7-6-12(21(23)24)14(17)19-13/h6-7,11H,4-5,8-10H2,1-3H3,(H2,17,19)(H,18,22). The van der Waals surface area contributed by atoms with E-state index in [0.29, 0.717) is 18.9 Å². The summed E-state index contributed by atoms with van der Waals surface area (Å²) in [5, 5.41) is 13.6. The molecule has 1 unspecified atom stereocenters. The van der Waals surface area contributed by atoms with Crippen molar-refractivity contribution in [3.63, 3.8) is 0 Å². The molecule has 1 saturated heterocycles. The second-order valence-corrected chi connectivity index (χ2v) is 7.17. The summed E-state index contributed by atoms with van der Waals surface area (Å²) < 4.78 is 5.24. The van der Waals surface area contributed by atoms with E-state index in [1.165, 1.54) is 6.07 Å². The number of nitrogens with one attached hydrogen (secondary N) is 1. The zero-order valence-corrected chi connectivity index (χ0v) is 14.8. The summed E-state index contributed by atoms with van der Waals surface area (Å²) in [5.41, 5.74) is 4.95. The van der Waals surface area contributed by atoms with Crippen LogP contribution in [-0.2, 0) is 4.74 Å². The third kappa shape index (κ3) is 5.47. The van der Waals surface area contributed by atoms with E-state index in [1.54, 1.807) is 6.07 Å². The Morgan fingerprint density at radius 3 is 2.84 bits per heavy atom. The molecule has 1 fully saturated rings. The number of carbonyl (C=O) groups is 1. The molecule has 2 heterocycles. The number of hydrogen-bond acceptors (Lipinski definition) is 7. The average molecular weight is 351 g/mol. The van der Waals surface area contributed by atoms with Crippen molar-refractivity contribution in [2.24, 2.45) is 5.92 Å². The van der Waals surface area contributed by atoms with Crippen molar-refractivity contribution in [2.45, 2.75) is 39.2 Å². The van der Waals surface area contributed by atoms with Crippen LogP contribution in [0.25, 0.3) is 0 Å². The minimum Gasteiger partial charge on any atom is -0.444 e. The molecule has 1 amide bonds. The number of aromatic nitrogens is 1. The summed E-state index contributed by atoms with van der Waals surface area (Å²) in [6, 6.07) is 2.98. The van der Waals surface area contributed by atoms with Gasteiger partial charge in [0.25, 0.3) is 0 Å². The zero-order chi connectivity index (χ0) is 18.6. The average Bonchev–Trinajstić information content (AvgIpc) is 2.51. The smallest absolute Gasteiger partial charge is 0.407 e. The molecule has 0 aliphatic carbocycles. The van der Waals surface area contributed by atoms with Crippen LogP contribution in [0.2, 0.25) is 0 Å². The molecule has 1 aromatic heterocycles. The van der Waals surface area contributed by atoms with E-state index in [9.17, 15) is 14.9 Å². The fourth-order valence-corrected chi connectivity index (χ4v) is 2.77. The lowest BCUT2D eigenvalue weighted by Gasteiger charge is -2.33. The number of carbonyl (C=O) groups excluding carboxylic acids is 1. The number of nitrogens with zero attached hydrogens (tertiary/aromatic N) is 3. The van der Waals surface area contributed by atoms with E-state index in [4.69, 9.17) is 10.5 Å². The Morgan fingerprint density at radius 2 is 2.24 bits per heavy atom. The highest BCUT2D eigenvalue weighted by atomic mass is 16.6. The van der Waals surface area contributed by atoms with Gasteiger partial charge in [-0.1, -0.05) is 0 Å². The number of piperidine rings is 1. The second-order valence-electron chi connectivity index (χ2n) is 7.17. The maximum absolute atomic E-state index is 11.8. The van der Waals surface area contributed by atoms with Gasteiger partial charge in [-0.25, -0.2) is 9.78 Å². The Kier molecular flexibility index (Phi) is 5.66. The number of alkyl carbamates (subject to hydrolysis) is 1. The van der Waals surface area contributed by atoms with Gasteiger partial charge in [0.2, 0.25) is 5.82 Å². The monoisotopic (exact) mass is 351 g/mol. The molecule has 138 valence electrons. The SMILES string of the molecule is CC(C)(C)OC(=O)NCC1CCCN(c2ccc([N+](=O)[O-])c(N)n2)C1. The van der Waals surface area contributed by atoms with Crippen LogP contribution in [0.4, 0.5) is 22.1 Å². The number of rotatable bonds is 4. The molecule has 9 nitrogen and oxygen atoms in total.